The lowest BCUT2D eigenvalue weighted by atomic mass is 9.82. The number of hydrogen-bond acceptors (Lipinski definition) is 5. The van der Waals surface area contributed by atoms with Gasteiger partial charge in [0.25, 0.3) is 5.56 Å². The molecule has 7 nitrogen and oxygen atoms in total. The van der Waals surface area contributed by atoms with Gasteiger partial charge in [-0.25, -0.2) is 9.48 Å². The van der Waals surface area contributed by atoms with Crippen LogP contribution in [0.5, 0.6) is 5.75 Å². The zero-order valence-corrected chi connectivity index (χ0v) is 19.4. The largest absolute Gasteiger partial charge is 0.497 e. The highest BCUT2D eigenvalue weighted by Crippen LogP contribution is 2.32. The van der Waals surface area contributed by atoms with E-state index in [1.54, 1.807) is 17.9 Å². The molecule has 1 fully saturated rings. The third kappa shape index (κ3) is 5.91. The fourth-order valence-electron chi connectivity index (χ4n) is 4.58. The van der Waals surface area contributed by atoms with E-state index in [1.165, 1.54) is 0 Å². The lowest BCUT2D eigenvalue weighted by molar-refractivity contribution is -0.142. The summed E-state index contributed by atoms with van der Waals surface area (Å²) in [4.78, 5) is 23.7. The normalized spacial score (nSPS) is 17.9. The number of benzene rings is 2. The van der Waals surface area contributed by atoms with Gasteiger partial charge in [-0.1, -0.05) is 42.5 Å². The van der Waals surface area contributed by atoms with Crippen molar-refractivity contribution in [2.75, 3.05) is 20.3 Å². The smallest absolute Gasteiger partial charge is 0.329 e. The van der Waals surface area contributed by atoms with Gasteiger partial charge >= 0.3 is 5.97 Å². The number of carboxylic acids is 1. The van der Waals surface area contributed by atoms with Gasteiger partial charge in [-0.15, -0.1) is 0 Å². The molecule has 0 radical (unpaired) electrons. The van der Waals surface area contributed by atoms with Gasteiger partial charge < -0.3 is 14.6 Å². The topological polar surface area (TPSA) is 90.7 Å². The van der Waals surface area contributed by atoms with Crippen LogP contribution in [0.4, 0.5) is 0 Å². The minimum absolute atomic E-state index is 0.114. The van der Waals surface area contributed by atoms with E-state index in [2.05, 4.69) is 0 Å². The zero-order valence-electron chi connectivity index (χ0n) is 19.4. The fraction of sp³-hybridized carbons (Fsp3) is 0.370. The lowest BCUT2D eigenvalue weighted by Crippen LogP contribution is -2.29. The molecule has 2 aromatic carbocycles. The van der Waals surface area contributed by atoms with Crippen molar-refractivity contribution in [1.29, 1.82) is 0 Å². The first kappa shape index (κ1) is 23.7. The van der Waals surface area contributed by atoms with Gasteiger partial charge in [-0.2, -0.15) is 5.10 Å². The number of methoxy groups -OCH3 is 1. The molecule has 0 saturated heterocycles. The monoisotopic (exact) mass is 462 g/mol. The van der Waals surface area contributed by atoms with Gasteiger partial charge in [-0.3, -0.25) is 4.79 Å². The average Bonchev–Trinajstić information content (AvgIpc) is 2.86. The maximum absolute atomic E-state index is 13.1. The van der Waals surface area contributed by atoms with Gasteiger partial charge in [0.1, 0.15) is 12.4 Å². The maximum atomic E-state index is 13.1. The molecule has 1 heterocycles. The molecule has 4 rings (SSSR count). The quantitative estimate of drug-likeness (QED) is 0.504. The Balaban J connectivity index is 1.56. The molecule has 1 N–H and O–H groups in total. The Morgan fingerprint density at radius 1 is 1.00 bits per heavy atom. The summed E-state index contributed by atoms with van der Waals surface area (Å²) >= 11 is 0. The van der Waals surface area contributed by atoms with Crippen LogP contribution in [-0.2, 0) is 16.1 Å². The molecule has 178 valence electrons. The molecule has 1 aromatic heterocycles. The molecule has 1 saturated carbocycles. The molecule has 34 heavy (non-hydrogen) atoms. The second kappa shape index (κ2) is 11.1. The maximum Gasteiger partial charge on any atom is 0.329 e. The average molecular weight is 463 g/mol. The Morgan fingerprint density at radius 2 is 1.71 bits per heavy atom. The van der Waals surface area contributed by atoms with E-state index in [0.29, 0.717) is 25.0 Å². The van der Waals surface area contributed by atoms with Crippen molar-refractivity contribution < 1.29 is 19.4 Å². The van der Waals surface area contributed by atoms with E-state index in [9.17, 15) is 9.59 Å². The highest BCUT2D eigenvalue weighted by atomic mass is 16.5. The Labute approximate surface area is 199 Å². The molecule has 0 amide bonds. The second-order valence-corrected chi connectivity index (χ2v) is 8.82. The van der Waals surface area contributed by atoms with Gasteiger partial charge in [0.15, 0.2) is 0 Å². The van der Waals surface area contributed by atoms with Crippen LogP contribution in [0.15, 0.2) is 65.5 Å². The summed E-state index contributed by atoms with van der Waals surface area (Å²) in [5, 5.41) is 13.6. The van der Waals surface area contributed by atoms with E-state index >= 15 is 0 Å². The first-order valence-corrected chi connectivity index (χ1v) is 11.6. The van der Waals surface area contributed by atoms with Gasteiger partial charge in [0.05, 0.1) is 19.4 Å². The molecule has 0 aliphatic heterocycles. The highest BCUT2D eigenvalue weighted by Gasteiger charge is 2.23. The minimum atomic E-state index is -0.940. The number of carboxylic acid groups (broad SMARTS) is 1. The van der Waals surface area contributed by atoms with Crippen molar-refractivity contribution in [2.24, 2.45) is 11.8 Å². The summed E-state index contributed by atoms with van der Waals surface area (Å²) in [5.41, 5.74) is 3.28. The van der Waals surface area contributed by atoms with Crippen LogP contribution in [-0.4, -0.2) is 41.2 Å². The van der Waals surface area contributed by atoms with Crippen LogP contribution in [0, 0.1) is 11.8 Å². The Kier molecular flexibility index (Phi) is 7.75. The zero-order chi connectivity index (χ0) is 23.9. The Hall–Kier alpha value is -3.45. The summed E-state index contributed by atoms with van der Waals surface area (Å²) in [6.07, 6.45) is 3.85. The molecular weight excluding hydrogens is 432 g/mol. The van der Waals surface area contributed by atoms with Gasteiger partial charge in [0, 0.05) is 23.7 Å². The van der Waals surface area contributed by atoms with Crippen molar-refractivity contribution in [3.63, 3.8) is 0 Å². The van der Waals surface area contributed by atoms with Crippen molar-refractivity contribution in [2.45, 2.75) is 32.2 Å². The predicted octanol–water partition coefficient (Wildman–Crippen LogP) is 4.49. The summed E-state index contributed by atoms with van der Waals surface area (Å²) in [7, 11) is 1.63. The molecule has 0 atom stereocenters. The predicted molar refractivity (Wildman–Crippen MR) is 130 cm³/mol. The van der Waals surface area contributed by atoms with Gasteiger partial charge in [-0.05, 0) is 55.2 Å². The molecule has 7 heteroatoms. The number of hydrogen-bond donors (Lipinski definition) is 1. The molecule has 1 aliphatic carbocycles. The summed E-state index contributed by atoms with van der Waals surface area (Å²) in [5.74, 6) is 0.513. The van der Waals surface area contributed by atoms with Crippen LogP contribution in [0.1, 0.15) is 25.7 Å². The summed E-state index contributed by atoms with van der Waals surface area (Å²) < 4.78 is 12.3. The van der Waals surface area contributed by atoms with E-state index < -0.39 is 5.97 Å². The molecule has 0 spiro atoms. The first-order chi connectivity index (χ1) is 16.5. The van der Waals surface area contributed by atoms with Crippen LogP contribution in [0.25, 0.3) is 22.4 Å². The van der Waals surface area contributed by atoms with E-state index in [-0.39, 0.29) is 12.2 Å². The summed E-state index contributed by atoms with van der Waals surface area (Å²) in [6, 6.07) is 19.2. The van der Waals surface area contributed by atoms with Crippen molar-refractivity contribution in [1.82, 2.24) is 9.78 Å². The molecular formula is C27H30N2O5. The molecule has 0 unspecified atom stereocenters. The molecule has 3 aromatic rings. The van der Waals surface area contributed by atoms with Crippen LogP contribution in [0.2, 0.25) is 0 Å². The number of aliphatic carboxylic acids is 1. The number of rotatable bonds is 9. The Morgan fingerprint density at radius 3 is 2.41 bits per heavy atom. The molecule has 0 bridgehead atoms. The number of carbonyl (C=O) groups is 1. The molecule has 1 aliphatic rings. The first-order valence-electron chi connectivity index (χ1n) is 11.6. The number of nitrogens with zero attached hydrogens (tertiary/aromatic N) is 2. The number of aromatic nitrogens is 2. The highest BCUT2D eigenvalue weighted by molar-refractivity contribution is 5.80. The van der Waals surface area contributed by atoms with Crippen LogP contribution < -0.4 is 10.3 Å². The summed E-state index contributed by atoms with van der Waals surface area (Å²) in [6.45, 7) is 0.788. The van der Waals surface area contributed by atoms with Gasteiger partial charge in [0.2, 0.25) is 0 Å². The van der Waals surface area contributed by atoms with E-state index in [1.807, 2.05) is 54.6 Å². The third-order valence-electron chi connectivity index (χ3n) is 6.40. The minimum Gasteiger partial charge on any atom is -0.497 e. The van der Waals surface area contributed by atoms with Crippen molar-refractivity contribution >= 4 is 5.97 Å². The SMILES string of the molecule is COc1cccc(-c2nn(CC3CCC(COCC(=O)O)CC3)c(=O)cc2-c2ccccc2)c1. The van der Waals surface area contributed by atoms with E-state index in [0.717, 1.165) is 53.8 Å². The Bertz CT molecular complexity index is 1170. The van der Waals surface area contributed by atoms with Crippen molar-refractivity contribution in [3.8, 4) is 28.1 Å². The fourth-order valence-corrected chi connectivity index (χ4v) is 4.58. The third-order valence-corrected chi connectivity index (χ3v) is 6.40. The van der Waals surface area contributed by atoms with Crippen LogP contribution >= 0.6 is 0 Å². The number of ether oxygens (including phenoxy) is 2. The standard InChI is InChI=1S/C27H30N2O5/c1-33-23-9-5-8-22(14-23)27-24(21-6-3-2-4-7-21)15-25(30)29(28-27)16-19-10-12-20(13-11-19)17-34-18-26(31)32/h2-9,14-15,19-20H,10-13,16-18H2,1H3,(H,31,32). The lowest BCUT2D eigenvalue weighted by Gasteiger charge is -2.28. The van der Waals surface area contributed by atoms with Crippen LogP contribution in [0.3, 0.4) is 0 Å². The van der Waals surface area contributed by atoms with E-state index in [4.69, 9.17) is 19.7 Å². The second-order valence-electron chi connectivity index (χ2n) is 8.82. The van der Waals surface area contributed by atoms with Crippen molar-refractivity contribution in [3.05, 3.63) is 71.0 Å².